The molecule has 0 aromatic heterocycles. The van der Waals surface area contributed by atoms with Gasteiger partial charge in [0.05, 0.1) is 19.1 Å². The number of fused-ring (bicyclic) bond motifs is 1. The second-order valence-corrected chi connectivity index (χ2v) is 12.6. The Morgan fingerprint density at radius 1 is 0.826 bits per heavy atom. The Labute approximate surface area is 267 Å². The molecule has 258 valence electrons. The Morgan fingerprint density at radius 3 is 2.00 bits per heavy atom. The number of aliphatic hydroxyl groups excluding tert-OH is 1. The van der Waals surface area contributed by atoms with Crippen molar-refractivity contribution in [3.63, 3.8) is 0 Å². The molecule has 0 spiro atoms. The van der Waals surface area contributed by atoms with Crippen LogP contribution in [0.25, 0.3) is 0 Å². The molecule has 0 radical (unpaired) electrons. The quantitative estimate of drug-likeness (QED) is 0.141. The summed E-state index contributed by atoms with van der Waals surface area (Å²) >= 11 is 0. The number of hydrogen-bond acceptors (Lipinski definition) is 9. The maximum atomic E-state index is 13.5. The molecule has 2 saturated heterocycles. The zero-order chi connectivity index (χ0) is 34.9. The first-order valence-corrected chi connectivity index (χ1v) is 15.5. The van der Waals surface area contributed by atoms with Crippen LogP contribution in [0.4, 0.5) is 0 Å². The van der Waals surface area contributed by atoms with Crippen LogP contribution in [0.5, 0.6) is 0 Å². The van der Waals surface area contributed by atoms with Gasteiger partial charge in [-0.2, -0.15) is 0 Å². The summed E-state index contributed by atoms with van der Waals surface area (Å²) in [6.07, 6.45) is -1.14. The number of rotatable bonds is 6. The van der Waals surface area contributed by atoms with Crippen LogP contribution in [0.15, 0.2) is 0 Å². The molecule has 17 nitrogen and oxygen atoms in total. The average molecular weight is 653 g/mol. The normalized spacial score (nSPS) is 28.6. The summed E-state index contributed by atoms with van der Waals surface area (Å²) in [6.45, 7) is 9.10. The third-order valence-corrected chi connectivity index (χ3v) is 7.70. The first-order valence-electron chi connectivity index (χ1n) is 15.5. The van der Waals surface area contributed by atoms with E-state index in [-0.39, 0.29) is 25.3 Å². The van der Waals surface area contributed by atoms with Gasteiger partial charge in [-0.1, -0.05) is 27.7 Å². The summed E-state index contributed by atoms with van der Waals surface area (Å²) in [4.78, 5) is 105. The topological polar surface area (TPSA) is 258 Å². The van der Waals surface area contributed by atoms with Gasteiger partial charge in [0.15, 0.2) is 0 Å². The lowest BCUT2D eigenvalue weighted by Crippen LogP contribution is -2.61. The van der Waals surface area contributed by atoms with Gasteiger partial charge in [-0.15, -0.1) is 0 Å². The van der Waals surface area contributed by atoms with E-state index in [1.54, 1.807) is 27.7 Å². The van der Waals surface area contributed by atoms with E-state index in [9.17, 15) is 43.5 Å². The minimum atomic E-state index is -1.50. The van der Waals surface area contributed by atoms with Crippen LogP contribution in [0.2, 0.25) is 0 Å². The van der Waals surface area contributed by atoms with Crippen LogP contribution < -0.4 is 37.6 Å². The molecule has 0 aromatic rings. The van der Waals surface area contributed by atoms with Crippen molar-refractivity contribution in [2.45, 2.75) is 110 Å². The highest BCUT2D eigenvalue weighted by molar-refractivity contribution is 5.99. The first kappa shape index (κ1) is 37.9. The number of nitrogens with two attached hydrogens (primary N) is 1. The molecular weight excluding hydrogens is 604 g/mol. The second-order valence-electron chi connectivity index (χ2n) is 12.6. The number of hydrogen-bond donors (Lipinski definition) is 8. The second kappa shape index (κ2) is 16.9. The molecule has 0 unspecified atom stereocenters. The molecule has 17 heteroatoms. The predicted molar refractivity (Wildman–Crippen MR) is 163 cm³/mol. The first-order chi connectivity index (χ1) is 21.4. The van der Waals surface area contributed by atoms with Crippen molar-refractivity contribution in [1.82, 2.24) is 36.8 Å². The minimum absolute atomic E-state index is 0.0996. The summed E-state index contributed by atoms with van der Waals surface area (Å²) in [5, 5.41) is 25.3. The molecule has 2 rings (SSSR count). The number of nitrogens with zero attached hydrogens (tertiary/aromatic N) is 1. The van der Waals surface area contributed by atoms with Crippen LogP contribution in [-0.2, 0) is 38.4 Å². The molecule has 2 aliphatic rings. The highest BCUT2D eigenvalue weighted by Crippen LogP contribution is 2.20. The van der Waals surface area contributed by atoms with Crippen LogP contribution in [0, 0.1) is 11.8 Å². The van der Waals surface area contributed by atoms with Crippen molar-refractivity contribution in [2.75, 3.05) is 13.1 Å². The summed E-state index contributed by atoms with van der Waals surface area (Å²) in [5.74, 6) is -6.93. The maximum Gasteiger partial charge on any atom is 0.248 e. The maximum absolute atomic E-state index is 13.5. The largest absolute Gasteiger partial charge is 0.391 e. The lowest BCUT2D eigenvalue weighted by Gasteiger charge is -2.31. The number of carbonyl (C=O) groups is 8. The van der Waals surface area contributed by atoms with Gasteiger partial charge in [-0.3, -0.25) is 38.4 Å². The van der Waals surface area contributed by atoms with Crippen molar-refractivity contribution in [2.24, 2.45) is 17.6 Å². The lowest BCUT2D eigenvalue weighted by atomic mass is 10.0. The van der Waals surface area contributed by atoms with E-state index < -0.39 is 108 Å². The Bertz CT molecular complexity index is 1190. The smallest absolute Gasteiger partial charge is 0.248 e. The highest BCUT2D eigenvalue weighted by Gasteiger charge is 2.41. The molecule has 46 heavy (non-hydrogen) atoms. The monoisotopic (exact) mass is 652 g/mol. The lowest BCUT2D eigenvalue weighted by molar-refractivity contribution is -0.144. The number of nitrogens with one attached hydrogen (secondary N) is 6. The van der Waals surface area contributed by atoms with Gasteiger partial charge in [0.2, 0.25) is 47.3 Å². The van der Waals surface area contributed by atoms with Gasteiger partial charge in [0.1, 0.15) is 36.3 Å². The Balaban J connectivity index is 2.49. The van der Waals surface area contributed by atoms with Gasteiger partial charge in [0.25, 0.3) is 0 Å². The van der Waals surface area contributed by atoms with Gasteiger partial charge < -0.3 is 47.6 Å². The van der Waals surface area contributed by atoms with Crippen molar-refractivity contribution in [3.8, 4) is 0 Å². The molecule has 0 bridgehead atoms. The molecular formula is C29H48N8O9. The van der Waals surface area contributed by atoms with E-state index in [0.29, 0.717) is 6.42 Å². The zero-order valence-electron chi connectivity index (χ0n) is 27.2. The van der Waals surface area contributed by atoms with Gasteiger partial charge >= 0.3 is 0 Å². The summed E-state index contributed by atoms with van der Waals surface area (Å²) in [7, 11) is 0. The van der Waals surface area contributed by atoms with Crippen LogP contribution in [-0.4, -0.2) is 113 Å². The predicted octanol–water partition coefficient (Wildman–Crippen LogP) is -3.49. The van der Waals surface area contributed by atoms with Gasteiger partial charge in [-0.25, -0.2) is 0 Å². The summed E-state index contributed by atoms with van der Waals surface area (Å²) < 4.78 is 0. The zero-order valence-corrected chi connectivity index (χ0v) is 27.2. The molecule has 2 aliphatic heterocycles. The van der Waals surface area contributed by atoms with E-state index in [4.69, 9.17) is 5.73 Å². The average Bonchev–Trinajstić information content (AvgIpc) is 3.45. The van der Waals surface area contributed by atoms with Gasteiger partial charge in [-0.05, 0) is 44.9 Å². The standard InChI is InChI=1S/C29H48N8O9/c1-13(2)10-17-26(43)34-18(11-20(30)39)25(42)32-15(5)24(41)35-22(14(3)4)28(45)36-23(16(6)38)29(46)37-9-7-8-19(37)27(44)31-12-21(40)33-17/h13-19,22-23,38H,7-12H2,1-6H3,(H2,30,39)(H,31,44)(H,32,42)(H,33,40)(H,34,43)(H,35,41)(H,36,45)/t15-,16+,17+,18+,19-,22-,23+/m1/s1. The number of primary amides is 1. The van der Waals surface area contributed by atoms with E-state index in [1.165, 1.54) is 18.7 Å². The molecule has 7 atom stereocenters. The Kier molecular flexibility index (Phi) is 13.9. The number of carbonyl (C=O) groups excluding carboxylic acids is 8. The van der Waals surface area contributed by atoms with Crippen molar-refractivity contribution < 1.29 is 43.5 Å². The van der Waals surface area contributed by atoms with Crippen LogP contribution in [0.3, 0.4) is 0 Å². The van der Waals surface area contributed by atoms with Crippen molar-refractivity contribution in [3.05, 3.63) is 0 Å². The fourth-order valence-corrected chi connectivity index (χ4v) is 5.22. The molecule has 2 fully saturated rings. The van der Waals surface area contributed by atoms with E-state index in [1.807, 2.05) is 0 Å². The summed E-state index contributed by atoms with van der Waals surface area (Å²) in [5.41, 5.74) is 5.31. The SMILES string of the molecule is CC(C)C[C@@H]1NC(=O)CNC(=O)[C@H]2CCCN2C(=O)[C@H]([C@H](C)O)NC(=O)[C@@H](C(C)C)NC(=O)[C@@H](C)NC(=O)[C@H](CC(N)=O)NC1=O. The molecule has 0 aromatic carbocycles. The third-order valence-electron chi connectivity index (χ3n) is 7.70. The molecule has 8 amide bonds. The van der Waals surface area contributed by atoms with Crippen LogP contribution in [0.1, 0.15) is 67.2 Å². The minimum Gasteiger partial charge on any atom is -0.391 e. The molecule has 9 N–H and O–H groups in total. The molecule has 0 aliphatic carbocycles. The van der Waals surface area contributed by atoms with E-state index in [2.05, 4.69) is 31.9 Å². The number of amides is 8. The highest BCUT2D eigenvalue weighted by atomic mass is 16.3. The number of aliphatic hydroxyl groups is 1. The fourth-order valence-electron chi connectivity index (χ4n) is 5.22. The van der Waals surface area contributed by atoms with Crippen LogP contribution >= 0.6 is 0 Å². The fraction of sp³-hybridized carbons (Fsp3) is 0.724. The summed E-state index contributed by atoms with van der Waals surface area (Å²) in [6, 6.07) is -7.58. The third kappa shape index (κ3) is 10.7. The molecule has 2 heterocycles. The van der Waals surface area contributed by atoms with E-state index >= 15 is 0 Å². The van der Waals surface area contributed by atoms with Crippen molar-refractivity contribution >= 4 is 47.3 Å². The van der Waals surface area contributed by atoms with Crippen molar-refractivity contribution in [1.29, 1.82) is 0 Å². The Hall–Kier alpha value is -4.28. The Morgan fingerprint density at radius 2 is 1.43 bits per heavy atom. The van der Waals surface area contributed by atoms with E-state index in [0.717, 1.165) is 0 Å². The van der Waals surface area contributed by atoms with Gasteiger partial charge in [0, 0.05) is 6.54 Å². The molecule has 0 saturated carbocycles.